The van der Waals surface area contributed by atoms with Gasteiger partial charge in [0.25, 0.3) is 0 Å². The van der Waals surface area contributed by atoms with Crippen molar-refractivity contribution in [3.05, 3.63) is 72.8 Å². The third-order valence-corrected chi connectivity index (χ3v) is 5.88. The van der Waals surface area contributed by atoms with Crippen LogP contribution in [-0.4, -0.2) is 54.2 Å². The maximum Gasteiger partial charge on any atom is 0.238 e. The molecule has 0 unspecified atom stereocenters. The second-order valence-corrected chi connectivity index (χ2v) is 8.10. The minimum absolute atomic E-state index is 0.0585. The molecule has 0 spiro atoms. The van der Waals surface area contributed by atoms with Crippen LogP contribution < -0.4 is 5.32 Å². The highest BCUT2D eigenvalue weighted by Crippen LogP contribution is 2.26. The largest absolute Gasteiger partial charge is 0.324 e. The van der Waals surface area contributed by atoms with Gasteiger partial charge in [0.05, 0.1) is 12.2 Å². The highest BCUT2D eigenvalue weighted by Gasteiger charge is 2.17. The lowest BCUT2D eigenvalue weighted by Crippen LogP contribution is -2.36. The summed E-state index contributed by atoms with van der Waals surface area (Å²) in [4.78, 5) is 18.4. The number of carbonyl (C=O) groups excluding carboxylic acids is 1. The summed E-state index contributed by atoms with van der Waals surface area (Å²) in [6.45, 7) is 9.15. The summed E-state index contributed by atoms with van der Waals surface area (Å²) in [7, 11) is 0. The van der Waals surface area contributed by atoms with Gasteiger partial charge in [-0.25, -0.2) is 0 Å². The molecule has 28 heavy (non-hydrogen) atoms. The van der Waals surface area contributed by atoms with E-state index in [0.29, 0.717) is 6.54 Å². The van der Waals surface area contributed by atoms with Gasteiger partial charge < -0.3 is 5.32 Å². The fourth-order valence-electron chi connectivity index (χ4n) is 3.42. The average Bonchev–Trinajstić information content (AvgIpc) is 2.93. The second-order valence-electron chi connectivity index (χ2n) is 7.04. The van der Waals surface area contributed by atoms with E-state index in [-0.39, 0.29) is 5.91 Å². The molecule has 0 saturated carbocycles. The van der Waals surface area contributed by atoms with Crippen molar-refractivity contribution in [1.82, 2.24) is 9.80 Å². The van der Waals surface area contributed by atoms with Crippen LogP contribution in [0.15, 0.2) is 72.1 Å². The summed E-state index contributed by atoms with van der Waals surface area (Å²) in [5, 5.41) is 3.09. The summed E-state index contributed by atoms with van der Waals surface area (Å²) in [6, 6.07) is 18.6. The normalized spacial score (nSPS) is 15.7. The lowest BCUT2D eigenvalue weighted by molar-refractivity contribution is -0.117. The van der Waals surface area contributed by atoms with Crippen molar-refractivity contribution in [1.29, 1.82) is 0 Å². The molecule has 1 aliphatic heterocycles. The number of hydrogen-bond donors (Lipinski definition) is 1. The van der Waals surface area contributed by atoms with Crippen molar-refractivity contribution in [2.75, 3.05) is 43.8 Å². The molecule has 2 aromatic rings. The van der Waals surface area contributed by atoms with Gasteiger partial charge in [-0.15, -0.1) is 18.3 Å². The third kappa shape index (κ3) is 6.51. The summed E-state index contributed by atoms with van der Waals surface area (Å²) in [5.41, 5.74) is 2.24. The van der Waals surface area contributed by atoms with Crippen LogP contribution in [0.5, 0.6) is 0 Å². The maximum atomic E-state index is 12.6. The van der Waals surface area contributed by atoms with Crippen LogP contribution in [0.4, 0.5) is 5.69 Å². The minimum atomic E-state index is 0.0585. The zero-order valence-electron chi connectivity index (χ0n) is 16.3. The number of amides is 1. The zero-order valence-corrected chi connectivity index (χ0v) is 17.2. The van der Waals surface area contributed by atoms with E-state index >= 15 is 0 Å². The van der Waals surface area contributed by atoms with Gasteiger partial charge in [0, 0.05) is 30.3 Å². The van der Waals surface area contributed by atoms with E-state index in [0.717, 1.165) is 55.5 Å². The Labute approximate surface area is 172 Å². The predicted molar refractivity (Wildman–Crippen MR) is 119 cm³/mol. The summed E-state index contributed by atoms with van der Waals surface area (Å²) < 4.78 is 0. The van der Waals surface area contributed by atoms with Crippen LogP contribution in [0, 0.1) is 0 Å². The number of nitrogens with zero attached hydrogens (tertiary/aromatic N) is 2. The van der Waals surface area contributed by atoms with Crippen LogP contribution in [-0.2, 0) is 11.3 Å². The van der Waals surface area contributed by atoms with Gasteiger partial charge >= 0.3 is 0 Å². The average molecular weight is 396 g/mol. The fourth-order valence-corrected chi connectivity index (χ4v) is 4.17. The van der Waals surface area contributed by atoms with Crippen molar-refractivity contribution >= 4 is 23.4 Å². The van der Waals surface area contributed by atoms with E-state index in [4.69, 9.17) is 0 Å². The lowest BCUT2D eigenvalue weighted by Gasteiger charge is -2.21. The number of nitrogens with one attached hydrogen (secondary N) is 1. The van der Waals surface area contributed by atoms with Gasteiger partial charge in [0.15, 0.2) is 0 Å². The molecule has 1 aliphatic rings. The molecule has 5 heteroatoms. The van der Waals surface area contributed by atoms with Crippen molar-refractivity contribution in [2.24, 2.45) is 0 Å². The Morgan fingerprint density at radius 1 is 1.00 bits per heavy atom. The molecule has 0 aliphatic carbocycles. The van der Waals surface area contributed by atoms with Gasteiger partial charge in [-0.1, -0.05) is 48.5 Å². The van der Waals surface area contributed by atoms with Gasteiger partial charge in [0.2, 0.25) is 5.91 Å². The van der Waals surface area contributed by atoms with E-state index in [1.807, 2.05) is 30.3 Å². The van der Waals surface area contributed by atoms with E-state index in [1.165, 1.54) is 5.56 Å². The minimum Gasteiger partial charge on any atom is -0.324 e. The number of carbonyl (C=O) groups is 1. The fraction of sp³-hybridized carbons (Fsp3) is 0.348. The quantitative estimate of drug-likeness (QED) is 0.539. The third-order valence-electron chi connectivity index (χ3n) is 4.82. The first-order chi connectivity index (χ1) is 13.7. The highest BCUT2D eigenvalue weighted by atomic mass is 32.2. The topological polar surface area (TPSA) is 35.6 Å². The maximum absolute atomic E-state index is 12.6. The molecule has 0 aromatic heterocycles. The molecule has 1 saturated heterocycles. The molecule has 3 rings (SSSR count). The first-order valence-corrected chi connectivity index (χ1v) is 10.8. The van der Waals surface area contributed by atoms with Crippen LogP contribution in [0.2, 0.25) is 0 Å². The standard InChI is InChI=1S/C23H29N3OS/c1-2-17-28-22-12-7-6-11-21(22)24-23(27)19-26-14-8-13-25(15-16-26)18-20-9-4-3-5-10-20/h2-7,9-12H,1,8,13-19H2,(H,24,27). The van der Waals surface area contributed by atoms with Crippen LogP contribution in [0.1, 0.15) is 12.0 Å². The monoisotopic (exact) mass is 395 g/mol. The zero-order chi connectivity index (χ0) is 19.6. The van der Waals surface area contributed by atoms with Crippen LogP contribution >= 0.6 is 11.8 Å². The Bertz CT molecular complexity index is 765. The number of hydrogen-bond acceptors (Lipinski definition) is 4. The van der Waals surface area contributed by atoms with Crippen LogP contribution in [0.25, 0.3) is 0 Å². The molecular formula is C23H29N3OS. The SMILES string of the molecule is C=CCSc1ccccc1NC(=O)CN1CCCN(Cc2ccccc2)CC1. The molecule has 1 heterocycles. The van der Waals surface area contributed by atoms with E-state index in [2.05, 4.69) is 52.0 Å². The number of para-hydroxylation sites is 1. The number of benzene rings is 2. The molecular weight excluding hydrogens is 366 g/mol. The number of thioether (sulfide) groups is 1. The second kappa shape index (κ2) is 11.1. The smallest absolute Gasteiger partial charge is 0.238 e. The lowest BCUT2D eigenvalue weighted by atomic mass is 10.2. The Morgan fingerprint density at radius 2 is 1.71 bits per heavy atom. The molecule has 0 radical (unpaired) electrons. The molecule has 1 fully saturated rings. The molecule has 1 N–H and O–H groups in total. The summed E-state index contributed by atoms with van der Waals surface area (Å²) in [5.74, 6) is 0.888. The van der Waals surface area contributed by atoms with E-state index < -0.39 is 0 Å². The molecule has 148 valence electrons. The molecule has 1 amide bonds. The van der Waals surface area contributed by atoms with Gasteiger partial charge in [-0.05, 0) is 37.2 Å². The molecule has 0 bridgehead atoms. The van der Waals surface area contributed by atoms with Gasteiger partial charge in [0.1, 0.15) is 0 Å². The Morgan fingerprint density at radius 3 is 2.54 bits per heavy atom. The Kier molecular flexibility index (Phi) is 8.15. The predicted octanol–water partition coefficient (Wildman–Crippen LogP) is 4.11. The van der Waals surface area contributed by atoms with E-state index in [9.17, 15) is 4.79 Å². The molecule has 4 nitrogen and oxygen atoms in total. The van der Waals surface area contributed by atoms with Crippen molar-refractivity contribution in [3.8, 4) is 0 Å². The first kappa shape index (κ1) is 20.6. The summed E-state index contributed by atoms with van der Waals surface area (Å²) in [6.07, 6.45) is 2.97. The number of rotatable bonds is 8. The molecule has 2 aromatic carbocycles. The summed E-state index contributed by atoms with van der Waals surface area (Å²) >= 11 is 1.69. The highest BCUT2D eigenvalue weighted by molar-refractivity contribution is 7.99. The van der Waals surface area contributed by atoms with Crippen molar-refractivity contribution < 1.29 is 4.79 Å². The van der Waals surface area contributed by atoms with Crippen LogP contribution in [0.3, 0.4) is 0 Å². The van der Waals surface area contributed by atoms with Crippen molar-refractivity contribution in [3.63, 3.8) is 0 Å². The Hall–Kier alpha value is -2.08. The first-order valence-electron chi connectivity index (χ1n) is 9.86. The van der Waals surface area contributed by atoms with Gasteiger partial charge in [-0.2, -0.15) is 0 Å². The Balaban J connectivity index is 1.49. The molecule has 0 atom stereocenters. The van der Waals surface area contributed by atoms with E-state index in [1.54, 1.807) is 11.8 Å². The number of anilines is 1. The van der Waals surface area contributed by atoms with Gasteiger partial charge in [-0.3, -0.25) is 14.6 Å². The van der Waals surface area contributed by atoms with Crippen molar-refractivity contribution in [2.45, 2.75) is 17.9 Å².